The van der Waals surface area contributed by atoms with Crippen molar-refractivity contribution in [2.75, 3.05) is 17.1 Å². The summed E-state index contributed by atoms with van der Waals surface area (Å²) in [6.45, 7) is 3.89. The summed E-state index contributed by atoms with van der Waals surface area (Å²) in [4.78, 5) is 12.3. The van der Waals surface area contributed by atoms with E-state index in [1.54, 1.807) is 24.3 Å². The average Bonchev–Trinajstić information content (AvgIpc) is 2.74. The van der Waals surface area contributed by atoms with E-state index >= 15 is 0 Å². The molecule has 0 bridgehead atoms. The molecule has 0 atom stereocenters. The van der Waals surface area contributed by atoms with Crippen LogP contribution >= 0.6 is 0 Å². The van der Waals surface area contributed by atoms with Gasteiger partial charge < -0.3 is 10.1 Å². The van der Waals surface area contributed by atoms with Crippen molar-refractivity contribution >= 4 is 27.3 Å². The molecule has 0 aromatic heterocycles. The minimum atomic E-state index is -3.80. The van der Waals surface area contributed by atoms with E-state index in [4.69, 9.17) is 4.74 Å². The highest BCUT2D eigenvalue weighted by molar-refractivity contribution is 7.92. The second kappa shape index (κ2) is 9.66. The first-order chi connectivity index (χ1) is 14.8. The van der Waals surface area contributed by atoms with E-state index in [-0.39, 0.29) is 10.8 Å². The fourth-order valence-corrected chi connectivity index (χ4v) is 4.12. The van der Waals surface area contributed by atoms with Gasteiger partial charge in [-0.05, 0) is 67.8 Å². The molecule has 0 saturated carbocycles. The number of carbonyl (C=O) groups excluding carboxylic acids is 1. The van der Waals surface area contributed by atoms with Gasteiger partial charge in [0.05, 0.1) is 17.7 Å². The number of methoxy groups -OCH3 is 1. The topological polar surface area (TPSA) is 84.5 Å². The summed E-state index contributed by atoms with van der Waals surface area (Å²) < 4.78 is 33.3. The molecule has 1 amide bonds. The number of rotatable bonds is 8. The quantitative estimate of drug-likeness (QED) is 0.535. The van der Waals surface area contributed by atoms with Gasteiger partial charge in [0.2, 0.25) is 5.91 Å². The van der Waals surface area contributed by atoms with E-state index in [0.717, 1.165) is 11.1 Å². The molecule has 3 aromatic carbocycles. The maximum absolute atomic E-state index is 12.7. The van der Waals surface area contributed by atoms with Crippen LogP contribution in [0.2, 0.25) is 0 Å². The largest absolute Gasteiger partial charge is 0.495 e. The zero-order valence-corrected chi connectivity index (χ0v) is 18.6. The van der Waals surface area contributed by atoms with Gasteiger partial charge in [0.25, 0.3) is 10.0 Å². The number of amides is 1. The third-order valence-corrected chi connectivity index (χ3v) is 6.19. The molecule has 7 heteroatoms. The molecule has 162 valence electrons. The van der Waals surface area contributed by atoms with Crippen LogP contribution in [0.15, 0.2) is 71.6 Å². The van der Waals surface area contributed by atoms with Gasteiger partial charge in [-0.15, -0.1) is 0 Å². The van der Waals surface area contributed by atoms with Gasteiger partial charge in [0, 0.05) is 12.1 Å². The number of ether oxygens (including phenoxy) is 1. The van der Waals surface area contributed by atoms with Crippen molar-refractivity contribution in [1.82, 2.24) is 0 Å². The lowest BCUT2D eigenvalue weighted by Crippen LogP contribution is -2.15. The number of hydrogen-bond acceptors (Lipinski definition) is 4. The van der Waals surface area contributed by atoms with Crippen LogP contribution in [0.5, 0.6) is 5.75 Å². The van der Waals surface area contributed by atoms with Crippen molar-refractivity contribution in [3.63, 3.8) is 0 Å². The maximum Gasteiger partial charge on any atom is 0.262 e. The number of anilines is 2. The number of hydrogen-bond donors (Lipinski definition) is 2. The fraction of sp³-hybridized carbons (Fsp3) is 0.208. The molecule has 0 fully saturated rings. The second-order valence-corrected chi connectivity index (χ2v) is 9.05. The minimum absolute atomic E-state index is 0.0914. The molecule has 2 N–H and O–H groups in total. The van der Waals surface area contributed by atoms with Crippen molar-refractivity contribution in [2.24, 2.45) is 0 Å². The minimum Gasteiger partial charge on any atom is -0.495 e. The number of carbonyl (C=O) groups is 1. The summed E-state index contributed by atoms with van der Waals surface area (Å²) in [6.07, 6.45) is 0.985. The van der Waals surface area contributed by atoms with E-state index < -0.39 is 10.0 Å². The SMILES string of the molecule is COc1ccc(C)cc1NS(=O)(=O)c1ccc(NC(=O)CCc2ccc(C)cc2)cc1. The standard InChI is InChI=1S/C24H26N2O4S/c1-17-4-7-19(8-5-17)9-15-24(27)25-20-10-12-21(13-11-20)31(28,29)26-22-16-18(2)6-14-23(22)30-3/h4-8,10-14,16,26H,9,15H2,1-3H3,(H,25,27). The fourth-order valence-electron chi connectivity index (χ4n) is 3.06. The van der Waals surface area contributed by atoms with Crippen LogP contribution in [0.3, 0.4) is 0 Å². The van der Waals surface area contributed by atoms with Gasteiger partial charge in [-0.3, -0.25) is 9.52 Å². The van der Waals surface area contributed by atoms with Crippen molar-refractivity contribution in [3.05, 3.63) is 83.4 Å². The van der Waals surface area contributed by atoms with Crippen LogP contribution < -0.4 is 14.8 Å². The Hall–Kier alpha value is -3.32. The highest BCUT2D eigenvalue weighted by Gasteiger charge is 2.17. The molecular formula is C24H26N2O4S. The molecule has 31 heavy (non-hydrogen) atoms. The monoisotopic (exact) mass is 438 g/mol. The molecule has 0 aliphatic rings. The Morgan fingerprint density at radius 1 is 0.903 bits per heavy atom. The maximum atomic E-state index is 12.7. The summed E-state index contributed by atoms with van der Waals surface area (Å²) in [5.41, 5.74) is 4.09. The van der Waals surface area contributed by atoms with Gasteiger partial charge in [-0.25, -0.2) is 8.42 Å². The molecule has 3 aromatic rings. The lowest BCUT2D eigenvalue weighted by Gasteiger charge is -2.13. The van der Waals surface area contributed by atoms with Crippen molar-refractivity contribution in [3.8, 4) is 5.75 Å². The first-order valence-electron chi connectivity index (χ1n) is 9.90. The molecule has 6 nitrogen and oxygen atoms in total. The van der Waals surface area contributed by atoms with Gasteiger partial charge in [0.1, 0.15) is 5.75 Å². The van der Waals surface area contributed by atoms with Crippen molar-refractivity contribution in [1.29, 1.82) is 0 Å². The predicted octanol–water partition coefficient (Wildman–Crippen LogP) is 4.68. The van der Waals surface area contributed by atoms with E-state index in [0.29, 0.717) is 30.0 Å². The zero-order chi connectivity index (χ0) is 22.4. The normalized spacial score (nSPS) is 11.1. The zero-order valence-electron chi connectivity index (χ0n) is 17.8. The van der Waals surface area contributed by atoms with E-state index in [1.165, 1.54) is 24.8 Å². The Morgan fingerprint density at radius 2 is 1.55 bits per heavy atom. The third-order valence-electron chi connectivity index (χ3n) is 4.81. The lowest BCUT2D eigenvalue weighted by atomic mass is 10.1. The molecular weight excluding hydrogens is 412 g/mol. The number of sulfonamides is 1. The summed E-state index contributed by atoms with van der Waals surface area (Å²) in [5.74, 6) is 0.311. The summed E-state index contributed by atoms with van der Waals surface area (Å²) in [5, 5.41) is 2.80. The second-order valence-electron chi connectivity index (χ2n) is 7.37. The first kappa shape index (κ1) is 22.4. The van der Waals surface area contributed by atoms with E-state index in [2.05, 4.69) is 10.0 Å². The van der Waals surface area contributed by atoms with Crippen molar-refractivity contribution < 1.29 is 17.9 Å². The lowest BCUT2D eigenvalue weighted by molar-refractivity contribution is -0.116. The number of aryl methyl sites for hydroxylation is 3. The van der Waals surface area contributed by atoms with Crippen LogP contribution in [-0.2, 0) is 21.2 Å². The van der Waals surface area contributed by atoms with Crippen LogP contribution in [0.25, 0.3) is 0 Å². The molecule has 0 heterocycles. The number of benzene rings is 3. The summed E-state index contributed by atoms with van der Waals surface area (Å²) >= 11 is 0. The predicted molar refractivity (Wildman–Crippen MR) is 123 cm³/mol. The van der Waals surface area contributed by atoms with E-state index in [1.807, 2.05) is 44.2 Å². The Labute approximate surface area is 183 Å². The van der Waals surface area contributed by atoms with Crippen LogP contribution in [0, 0.1) is 13.8 Å². The molecule has 0 aliphatic heterocycles. The molecule has 0 unspecified atom stereocenters. The van der Waals surface area contributed by atoms with Crippen LogP contribution in [0.1, 0.15) is 23.1 Å². The highest BCUT2D eigenvalue weighted by Crippen LogP contribution is 2.28. The van der Waals surface area contributed by atoms with Gasteiger partial charge >= 0.3 is 0 Å². The van der Waals surface area contributed by atoms with E-state index in [9.17, 15) is 13.2 Å². The Kier molecular flexibility index (Phi) is 6.97. The molecule has 0 saturated heterocycles. The summed E-state index contributed by atoms with van der Waals surface area (Å²) in [7, 11) is -2.32. The van der Waals surface area contributed by atoms with Crippen molar-refractivity contribution in [2.45, 2.75) is 31.6 Å². The van der Waals surface area contributed by atoms with Gasteiger partial charge in [-0.2, -0.15) is 0 Å². The molecule has 0 aliphatic carbocycles. The Balaban J connectivity index is 1.63. The van der Waals surface area contributed by atoms with Crippen LogP contribution in [0.4, 0.5) is 11.4 Å². The summed E-state index contributed by atoms with van der Waals surface area (Å²) in [6, 6.07) is 19.4. The first-order valence-corrected chi connectivity index (χ1v) is 11.4. The smallest absolute Gasteiger partial charge is 0.262 e. The number of nitrogens with one attached hydrogen (secondary N) is 2. The molecule has 3 rings (SSSR count). The van der Waals surface area contributed by atoms with Gasteiger partial charge in [-0.1, -0.05) is 35.9 Å². The Morgan fingerprint density at radius 3 is 2.19 bits per heavy atom. The highest BCUT2D eigenvalue weighted by atomic mass is 32.2. The van der Waals surface area contributed by atoms with Crippen LogP contribution in [-0.4, -0.2) is 21.4 Å². The Bertz CT molecular complexity index is 1160. The average molecular weight is 439 g/mol. The third kappa shape index (κ3) is 6.08. The molecule has 0 radical (unpaired) electrons. The van der Waals surface area contributed by atoms with Gasteiger partial charge in [0.15, 0.2) is 0 Å². The molecule has 0 spiro atoms.